The largest absolute Gasteiger partial charge is 0.381 e. The molecule has 0 saturated carbocycles. The smallest absolute Gasteiger partial charge is 0.271 e. The highest BCUT2D eigenvalue weighted by Crippen LogP contribution is 2.44. The molecule has 6 heteroatoms. The minimum atomic E-state index is -0.142. The third-order valence-electron chi connectivity index (χ3n) is 6.14. The van der Waals surface area contributed by atoms with E-state index in [0.717, 1.165) is 51.4 Å². The number of hydrogen-bond acceptors (Lipinski definition) is 5. The Balaban J connectivity index is 1.42. The van der Waals surface area contributed by atoms with Gasteiger partial charge in [-0.2, -0.15) is 0 Å². The number of aryl methyl sites for hydroxylation is 1. The highest BCUT2D eigenvalue weighted by Gasteiger charge is 2.47. The quantitative estimate of drug-likeness (QED) is 0.863. The first-order valence-electron chi connectivity index (χ1n) is 10.1. The summed E-state index contributed by atoms with van der Waals surface area (Å²) in [5.74, 6) is 0.277. The fraction of sp³-hybridized carbons (Fsp3) is 0.500. The molecule has 2 fully saturated rings. The van der Waals surface area contributed by atoms with Crippen molar-refractivity contribution in [3.05, 3.63) is 59.7 Å². The number of nitrogens with zero attached hydrogens (tertiary/aromatic N) is 3. The summed E-state index contributed by atoms with van der Waals surface area (Å²) in [6.45, 7) is 7.17. The van der Waals surface area contributed by atoms with Crippen molar-refractivity contribution in [3.8, 4) is 0 Å². The Hall–Kier alpha value is -2.31. The molecule has 4 rings (SSSR count). The van der Waals surface area contributed by atoms with E-state index in [9.17, 15) is 4.79 Å². The van der Waals surface area contributed by atoms with Crippen molar-refractivity contribution in [1.82, 2.24) is 20.2 Å². The summed E-state index contributed by atoms with van der Waals surface area (Å²) in [7, 11) is 0. The van der Waals surface area contributed by atoms with Gasteiger partial charge in [-0.1, -0.05) is 30.3 Å². The van der Waals surface area contributed by atoms with Crippen LogP contribution in [0, 0.1) is 18.3 Å². The van der Waals surface area contributed by atoms with Crippen LogP contribution in [0.2, 0.25) is 0 Å². The van der Waals surface area contributed by atoms with Crippen LogP contribution < -0.4 is 5.32 Å². The zero-order valence-electron chi connectivity index (χ0n) is 16.4. The van der Waals surface area contributed by atoms with Crippen molar-refractivity contribution in [3.63, 3.8) is 0 Å². The van der Waals surface area contributed by atoms with E-state index in [1.54, 1.807) is 12.4 Å². The Bertz CT molecular complexity index is 788. The minimum Gasteiger partial charge on any atom is -0.381 e. The second-order valence-corrected chi connectivity index (χ2v) is 8.08. The van der Waals surface area contributed by atoms with E-state index in [4.69, 9.17) is 4.74 Å². The number of nitrogens with one attached hydrogen (secondary N) is 1. The zero-order valence-corrected chi connectivity index (χ0v) is 16.4. The number of carbonyl (C=O) groups is 1. The average Bonchev–Trinajstić information content (AvgIpc) is 3.04. The van der Waals surface area contributed by atoms with Gasteiger partial charge in [0.05, 0.1) is 11.9 Å². The van der Waals surface area contributed by atoms with Gasteiger partial charge in [-0.3, -0.25) is 14.7 Å². The minimum absolute atomic E-state index is 0.142. The molecule has 0 bridgehead atoms. The molecule has 1 N–H and O–H groups in total. The second kappa shape index (κ2) is 8.37. The number of hydrogen-bond donors (Lipinski definition) is 1. The molecule has 1 unspecified atom stereocenters. The summed E-state index contributed by atoms with van der Waals surface area (Å²) in [4.78, 5) is 23.4. The van der Waals surface area contributed by atoms with Gasteiger partial charge >= 0.3 is 0 Å². The van der Waals surface area contributed by atoms with Crippen LogP contribution in [0.1, 0.15) is 34.6 Å². The number of carbonyl (C=O) groups excluding carboxylic acids is 1. The zero-order chi connectivity index (χ0) is 19.4. The molecule has 2 aliphatic heterocycles. The summed E-state index contributed by atoms with van der Waals surface area (Å²) >= 11 is 0. The summed E-state index contributed by atoms with van der Waals surface area (Å²) in [5.41, 5.74) is 2.75. The first-order valence-corrected chi connectivity index (χ1v) is 10.1. The Morgan fingerprint density at radius 3 is 2.71 bits per heavy atom. The van der Waals surface area contributed by atoms with Crippen LogP contribution in [-0.2, 0) is 11.3 Å². The van der Waals surface area contributed by atoms with Gasteiger partial charge < -0.3 is 10.1 Å². The Morgan fingerprint density at radius 2 is 2.00 bits per heavy atom. The second-order valence-electron chi connectivity index (χ2n) is 8.08. The van der Waals surface area contributed by atoms with Gasteiger partial charge in [-0.25, -0.2) is 4.98 Å². The Kier molecular flexibility index (Phi) is 5.69. The standard InChI is InChI=1S/C22H28N4O2/c1-17-11-24-20(13-23-17)21(27)25-12-19-15-26(14-18-5-3-2-4-6-18)16-22(19)7-9-28-10-8-22/h2-6,11,13,19H,7-10,12,14-16H2,1H3,(H,25,27). The number of amides is 1. The van der Waals surface area contributed by atoms with Crippen molar-refractivity contribution >= 4 is 5.91 Å². The predicted octanol–water partition coefficient (Wildman–Crippen LogP) is 2.44. The maximum atomic E-state index is 12.5. The lowest BCUT2D eigenvalue weighted by atomic mass is 9.72. The molecule has 6 nitrogen and oxygen atoms in total. The molecule has 1 amide bonds. The van der Waals surface area contributed by atoms with Gasteiger partial charge in [0.1, 0.15) is 5.69 Å². The lowest BCUT2D eigenvalue weighted by molar-refractivity contribution is -0.000230. The van der Waals surface area contributed by atoms with Gasteiger partial charge in [0, 0.05) is 45.6 Å². The van der Waals surface area contributed by atoms with E-state index in [-0.39, 0.29) is 11.3 Å². The van der Waals surface area contributed by atoms with E-state index in [0.29, 0.717) is 18.2 Å². The normalized spacial score (nSPS) is 21.7. The fourth-order valence-electron chi connectivity index (χ4n) is 4.55. The van der Waals surface area contributed by atoms with Crippen LogP contribution in [0.4, 0.5) is 0 Å². The van der Waals surface area contributed by atoms with Crippen molar-refractivity contribution in [2.45, 2.75) is 26.3 Å². The topological polar surface area (TPSA) is 67.4 Å². The van der Waals surface area contributed by atoms with Crippen LogP contribution in [0.3, 0.4) is 0 Å². The fourth-order valence-corrected chi connectivity index (χ4v) is 4.55. The molecule has 3 heterocycles. The van der Waals surface area contributed by atoms with Crippen LogP contribution in [-0.4, -0.2) is 53.6 Å². The maximum absolute atomic E-state index is 12.5. The number of rotatable bonds is 5. The van der Waals surface area contributed by atoms with Gasteiger partial charge in [0.2, 0.25) is 0 Å². The third-order valence-corrected chi connectivity index (χ3v) is 6.14. The van der Waals surface area contributed by atoms with Gasteiger partial charge in [-0.05, 0) is 36.7 Å². The molecular weight excluding hydrogens is 352 g/mol. The Morgan fingerprint density at radius 1 is 1.21 bits per heavy atom. The molecular formula is C22H28N4O2. The SMILES string of the molecule is Cc1cnc(C(=O)NCC2CN(Cc3ccccc3)CC23CCOCC3)cn1. The van der Waals surface area contributed by atoms with E-state index < -0.39 is 0 Å². The summed E-state index contributed by atoms with van der Waals surface area (Å²) < 4.78 is 5.64. The lowest BCUT2D eigenvalue weighted by Crippen LogP contribution is -2.42. The van der Waals surface area contributed by atoms with Crippen LogP contribution in [0.5, 0.6) is 0 Å². The van der Waals surface area contributed by atoms with Crippen molar-refractivity contribution in [2.75, 3.05) is 32.8 Å². The number of likely N-dealkylation sites (tertiary alicyclic amines) is 1. The molecule has 0 radical (unpaired) electrons. The summed E-state index contributed by atoms with van der Waals surface area (Å²) in [5, 5.41) is 3.11. The van der Waals surface area contributed by atoms with Gasteiger partial charge in [0.15, 0.2) is 0 Å². The highest BCUT2D eigenvalue weighted by molar-refractivity contribution is 5.91. The molecule has 2 aromatic rings. The molecule has 2 aliphatic rings. The van der Waals surface area contributed by atoms with Gasteiger partial charge in [-0.15, -0.1) is 0 Å². The molecule has 0 aliphatic carbocycles. The molecule has 1 aromatic heterocycles. The molecule has 1 spiro atoms. The summed E-state index contributed by atoms with van der Waals surface area (Å²) in [6.07, 6.45) is 5.30. The van der Waals surface area contributed by atoms with E-state index in [1.807, 2.05) is 6.92 Å². The molecule has 1 atom stereocenters. The lowest BCUT2D eigenvalue weighted by Gasteiger charge is -2.38. The number of ether oxygens (including phenoxy) is 1. The predicted molar refractivity (Wildman–Crippen MR) is 107 cm³/mol. The first-order chi connectivity index (χ1) is 13.6. The maximum Gasteiger partial charge on any atom is 0.271 e. The van der Waals surface area contributed by atoms with Crippen molar-refractivity contribution in [2.24, 2.45) is 11.3 Å². The van der Waals surface area contributed by atoms with Crippen LogP contribution >= 0.6 is 0 Å². The van der Waals surface area contributed by atoms with Crippen molar-refractivity contribution in [1.29, 1.82) is 0 Å². The van der Waals surface area contributed by atoms with Crippen LogP contribution in [0.15, 0.2) is 42.7 Å². The monoisotopic (exact) mass is 380 g/mol. The van der Waals surface area contributed by atoms with E-state index in [1.165, 1.54) is 5.56 Å². The van der Waals surface area contributed by atoms with Gasteiger partial charge in [0.25, 0.3) is 5.91 Å². The number of aromatic nitrogens is 2. The molecule has 2 saturated heterocycles. The van der Waals surface area contributed by atoms with E-state index in [2.05, 4.69) is 50.5 Å². The number of benzene rings is 1. The van der Waals surface area contributed by atoms with E-state index >= 15 is 0 Å². The highest BCUT2D eigenvalue weighted by atomic mass is 16.5. The molecule has 28 heavy (non-hydrogen) atoms. The molecule has 148 valence electrons. The molecule has 1 aromatic carbocycles. The van der Waals surface area contributed by atoms with Crippen LogP contribution in [0.25, 0.3) is 0 Å². The van der Waals surface area contributed by atoms with Crippen molar-refractivity contribution < 1.29 is 9.53 Å². The first kappa shape index (κ1) is 19.0. The Labute approximate surface area is 166 Å². The average molecular weight is 380 g/mol. The third kappa shape index (κ3) is 4.23. The summed E-state index contributed by atoms with van der Waals surface area (Å²) in [6, 6.07) is 10.6.